The number of nitrogens with one attached hydrogen (secondary N) is 1. The summed E-state index contributed by atoms with van der Waals surface area (Å²) in [6, 6.07) is 12.2. The Labute approximate surface area is 150 Å². The molecule has 26 heavy (non-hydrogen) atoms. The predicted molar refractivity (Wildman–Crippen MR) is 94.1 cm³/mol. The van der Waals surface area contributed by atoms with E-state index < -0.39 is 0 Å². The van der Waals surface area contributed by atoms with Crippen molar-refractivity contribution in [2.24, 2.45) is 0 Å². The highest BCUT2D eigenvalue weighted by Crippen LogP contribution is 2.16. The van der Waals surface area contributed by atoms with Gasteiger partial charge in [-0.15, -0.1) is 0 Å². The highest BCUT2D eigenvalue weighted by Gasteiger charge is 2.30. The fourth-order valence-electron chi connectivity index (χ4n) is 3.00. The molecule has 1 N–H and O–H groups in total. The molecule has 1 heterocycles. The molecule has 1 fully saturated rings. The maximum absolute atomic E-state index is 13.3. The van der Waals surface area contributed by atoms with Gasteiger partial charge in [0, 0.05) is 30.6 Å². The first-order valence-corrected chi connectivity index (χ1v) is 8.36. The number of carbonyl (C=O) groups excluding carboxylic acids is 3. The van der Waals surface area contributed by atoms with Gasteiger partial charge in [-0.25, -0.2) is 4.39 Å². The Morgan fingerprint density at radius 1 is 1.15 bits per heavy atom. The van der Waals surface area contributed by atoms with Crippen LogP contribution in [0, 0.1) is 5.82 Å². The standard InChI is InChI=1S/C20H19FN2O3/c1-13(24)15-5-7-16(8-6-15)20(26)22-18-10-19(25)23(12-18)11-14-3-2-4-17(21)9-14/h2-9,18H,10-12H2,1H3,(H,22,26)/t18-/m1/s1. The lowest BCUT2D eigenvalue weighted by Crippen LogP contribution is -2.37. The van der Waals surface area contributed by atoms with Crippen LogP contribution in [0.25, 0.3) is 0 Å². The molecule has 1 aliphatic rings. The van der Waals surface area contributed by atoms with E-state index in [4.69, 9.17) is 0 Å². The average molecular weight is 354 g/mol. The van der Waals surface area contributed by atoms with Crippen LogP contribution in [0.3, 0.4) is 0 Å². The van der Waals surface area contributed by atoms with Gasteiger partial charge in [-0.05, 0) is 36.8 Å². The van der Waals surface area contributed by atoms with Crippen molar-refractivity contribution in [3.8, 4) is 0 Å². The van der Waals surface area contributed by atoms with E-state index in [1.807, 2.05) is 0 Å². The molecule has 0 aromatic heterocycles. The molecule has 2 amide bonds. The first-order chi connectivity index (χ1) is 12.4. The fraction of sp³-hybridized carbons (Fsp3) is 0.250. The molecule has 3 rings (SSSR count). The number of rotatable bonds is 5. The first-order valence-electron chi connectivity index (χ1n) is 8.36. The molecule has 134 valence electrons. The quantitative estimate of drug-likeness (QED) is 0.839. The van der Waals surface area contributed by atoms with Crippen LogP contribution < -0.4 is 5.32 Å². The van der Waals surface area contributed by atoms with Crippen molar-refractivity contribution < 1.29 is 18.8 Å². The number of halogens is 1. The second-order valence-corrected chi connectivity index (χ2v) is 6.41. The number of hydrogen-bond acceptors (Lipinski definition) is 3. The van der Waals surface area contributed by atoms with Gasteiger partial charge in [0.1, 0.15) is 5.82 Å². The average Bonchev–Trinajstić information content (AvgIpc) is 2.94. The van der Waals surface area contributed by atoms with Crippen LogP contribution in [0.15, 0.2) is 48.5 Å². The summed E-state index contributed by atoms with van der Waals surface area (Å²) in [7, 11) is 0. The Balaban J connectivity index is 1.60. The largest absolute Gasteiger partial charge is 0.347 e. The Kier molecular flexibility index (Phi) is 5.11. The molecule has 0 spiro atoms. The number of ketones is 1. The second kappa shape index (κ2) is 7.47. The number of hydrogen-bond donors (Lipinski definition) is 1. The minimum absolute atomic E-state index is 0.0636. The lowest BCUT2D eigenvalue weighted by Gasteiger charge is -2.17. The van der Waals surface area contributed by atoms with Crippen molar-refractivity contribution in [2.45, 2.75) is 25.9 Å². The lowest BCUT2D eigenvalue weighted by molar-refractivity contribution is -0.128. The Bertz CT molecular complexity index is 848. The molecular formula is C20H19FN2O3. The van der Waals surface area contributed by atoms with Crippen LogP contribution in [0.5, 0.6) is 0 Å². The van der Waals surface area contributed by atoms with Gasteiger partial charge in [-0.2, -0.15) is 0 Å². The lowest BCUT2D eigenvalue weighted by atomic mass is 10.1. The van der Waals surface area contributed by atoms with E-state index in [1.54, 1.807) is 41.3 Å². The maximum Gasteiger partial charge on any atom is 0.251 e. The minimum atomic E-state index is -0.340. The number of benzene rings is 2. The summed E-state index contributed by atoms with van der Waals surface area (Å²) >= 11 is 0. The van der Waals surface area contributed by atoms with Crippen molar-refractivity contribution in [2.75, 3.05) is 6.54 Å². The third-order valence-corrected chi connectivity index (χ3v) is 4.37. The van der Waals surface area contributed by atoms with Crippen molar-refractivity contribution in [3.63, 3.8) is 0 Å². The maximum atomic E-state index is 13.3. The second-order valence-electron chi connectivity index (χ2n) is 6.41. The van der Waals surface area contributed by atoms with Crippen molar-refractivity contribution >= 4 is 17.6 Å². The molecule has 0 bridgehead atoms. The Morgan fingerprint density at radius 2 is 1.85 bits per heavy atom. The van der Waals surface area contributed by atoms with Gasteiger partial charge in [0.25, 0.3) is 5.91 Å². The summed E-state index contributed by atoms with van der Waals surface area (Å²) in [5, 5.41) is 2.84. The fourth-order valence-corrected chi connectivity index (χ4v) is 3.00. The smallest absolute Gasteiger partial charge is 0.251 e. The first kappa shape index (κ1) is 17.8. The highest BCUT2D eigenvalue weighted by atomic mass is 19.1. The summed E-state index contributed by atoms with van der Waals surface area (Å²) in [6.07, 6.45) is 0.215. The van der Waals surface area contributed by atoms with Gasteiger partial charge < -0.3 is 10.2 Å². The number of carbonyl (C=O) groups is 3. The number of nitrogens with zero attached hydrogens (tertiary/aromatic N) is 1. The SMILES string of the molecule is CC(=O)c1ccc(C(=O)N[C@@H]2CC(=O)N(Cc3cccc(F)c3)C2)cc1. The minimum Gasteiger partial charge on any atom is -0.347 e. The molecule has 5 nitrogen and oxygen atoms in total. The highest BCUT2D eigenvalue weighted by molar-refractivity contribution is 5.98. The van der Waals surface area contributed by atoms with Crippen molar-refractivity contribution in [1.82, 2.24) is 10.2 Å². The van der Waals surface area contributed by atoms with Gasteiger partial charge in [0.2, 0.25) is 5.91 Å². The predicted octanol–water partition coefficient (Wildman–Crippen LogP) is 2.56. The monoisotopic (exact) mass is 354 g/mol. The zero-order valence-electron chi connectivity index (χ0n) is 14.4. The van der Waals surface area contributed by atoms with Gasteiger partial charge in [-0.1, -0.05) is 24.3 Å². The summed E-state index contributed by atoms with van der Waals surface area (Å²) in [5.41, 5.74) is 1.69. The molecule has 6 heteroatoms. The van der Waals surface area contributed by atoms with E-state index in [0.29, 0.717) is 29.8 Å². The van der Waals surface area contributed by atoms with E-state index in [1.165, 1.54) is 19.1 Å². The topological polar surface area (TPSA) is 66.5 Å². The van der Waals surface area contributed by atoms with Crippen LogP contribution in [-0.4, -0.2) is 35.1 Å². The molecule has 2 aromatic carbocycles. The summed E-state index contributed by atoms with van der Waals surface area (Å²) < 4.78 is 13.3. The zero-order valence-corrected chi connectivity index (χ0v) is 14.4. The Morgan fingerprint density at radius 3 is 2.50 bits per heavy atom. The van der Waals surface area contributed by atoms with Crippen LogP contribution in [0.2, 0.25) is 0 Å². The van der Waals surface area contributed by atoms with Gasteiger partial charge in [-0.3, -0.25) is 14.4 Å². The third-order valence-electron chi connectivity index (χ3n) is 4.37. The van der Waals surface area contributed by atoms with E-state index >= 15 is 0 Å². The summed E-state index contributed by atoms with van der Waals surface area (Å²) in [4.78, 5) is 37.4. The number of likely N-dealkylation sites (tertiary alicyclic amines) is 1. The molecule has 0 radical (unpaired) electrons. The molecule has 1 saturated heterocycles. The number of Topliss-reactive ketones (excluding diaryl/α,β-unsaturated/α-hetero) is 1. The van der Waals surface area contributed by atoms with Crippen LogP contribution >= 0.6 is 0 Å². The van der Waals surface area contributed by atoms with Gasteiger partial charge >= 0.3 is 0 Å². The van der Waals surface area contributed by atoms with Crippen LogP contribution in [-0.2, 0) is 11.3 Å². The summed E-state index contributed by atoms with van der Waals surface area (Å²) in [6.45, 7) is 2.16. The van der Waals surface area contributed by atoms with E-state index in [-0.39, 0.29) is 35.9 Å². The normalized spacial score (nSPS) is 16.6. The zero-order chi connectivity index (χ0) is 18.7. The molecule has 1 aliphatic heterocycles. The molecule has 0 aliphatic carbocycles. The molecule has 2 aromatic rings. The third kappa shape index (κ3) is 4.14. The van der Waals surface area contributed by atoms with Crippen LogP contribution in [0.4, 0.5) is 4.39 Å². The van der Waals surface area contributed by atoms with Crippen molar-refractivity contribution in [3.05, 3.63) is 71.0 Å². The molecule has 1 atom stereocenters. The van der Waals surface area contributed by atoms with Crippen LogP contribution in [0.1, 0.15) is 39.6 Å². The van der Waals surface area contributed by atoms with Gasteiger partial charge in [0.15, 0.2) is 5.78 Å². The molecule has 0 saturated carbocycles. The number of amides is 2. The molecule has 0 unspecified atom stereocenters. The van der Waals surface area contributed by atoms with Gasteiger partial charge in [0.05, 0.1) is 6.04 Å². The van der Waals surface area contributed by atoms with E-state index in [9.17, 15) is 18.8 Å². The van der Waals surface area contributed by atoms with Crippen molar-refractivity contribution in [1.29, 1.82) is 0 Å². The van der Waals surface area contributed by atoms with E-state index in [0.717, 1.165) is 0 Å². The van der Waals surface area contributed by atoms with E-state index in [2.05, 4.69) is 5.32 Å². The molecular weight excluding hydrogens is 335 g/mol. The summed E-state index contributed by atoms with van der Waals surface area (Å²) in [5.74, 6) is -0.767. The Hall–Kier alpha value is -3.02.